The van der Waals surface area contributed by atoms with Gasteiger partial charge >= 0.3 is 0 Å². The molecular formula is C15H21FN2O2. The predicted molar refractivity (Wildman–Crippen MR) is 75.0 cm³/mol. The number of rotatable bonds is 5. The Balaban J connectivity index is 2.22. The summed E-state index contributed by atoms with van der Waals surface area (Å²) in [5.74, 6) is -0.995. The SMILES string of the molecule is NCCCN(C(=O)c1cc(F)ccc1O)C1CCCC1. The summed E-state index contributed by atoms with van der Waals surface area (Å²) in [6.45, 7) is 1.06. The highest BCUT2D eigenvalue weighted by Gasteiger charge is 2.28. The van der Waals surface area contributed by atoms with Gasteiger partial charge in [-0.15, -0.1) is 0 Å². The van der Waals surface area contributed by atoms with Crippen molar-refractivity contribution < 1.29 is 14.3 Å². The third kappa shape index (κ3) is 3.28. The van der Waals surface area contributed by atoms with Crippen LogP contribution in [0.15, 0.2) is 18.2 Å². The molecule has 1 aromatic rings. The molecule has 0 spiro atoms. The van der Waals surface area contributed by atoms with Crippen LogP contribution in [0.25, 0.3) is 0 Å². The van der Waals surface area contributed by atoms with E-state index in [9.17, 15) is 14.3 Å². The van der Waals surface area contributed by atoms with Crippen molar-refractivity contribution in [2.75, 3.05) is 13.1 Å². The van der Waals surface area contributed by atoms with E-state index in [4.69, 9.17) is 5.73 Å². The number of hydrogen-bond donors (Lipinski definition) is 2. The quantitative estimate of drug-likeness (QED) is 0.869. The summed E-state index contributed by atoms with van der Waals surface area (Å²) in [5, 5.41) is 9.78. The van der Waals surface area contributed by atoms with Gasteiger partial charge in [-0.25, -0.2) is 4.39 Å². The molecule has 0 unspecified atom stereocenters. The van der Waals surface area contributed by atoms with Gasteiger partial charge in [0.15, 0.2) is 0 Å². The van der Waals surface area contributed by atoms with Crippen LogP contribution in [0, 0.1) is 5.82 Å². The van der Waals surface area contributed by atoms with Gasteiger partial charge in [0.05, 0.1) is 5.56 Å². The first kappa shape index (κ1) is 14.8. The molecule has 1 saturated carbocycles. The lowest BCUT2D eigenvalue weighted by molar-refractivity contribution is 0.0677. The Morgan fingerprint density at radius 2 is 2.10 bits per heavy atom. The molecule has 3 N–H and O–H groups in total. The highest BCUT2D eigenvalue weighted by Crippen LogP contribution is 2.27. The molecule has 0 saturated heterocycles. The molecule has 1 aliphatic rings. The van der Waals surface area contributed by atoms with Crippen LogP contribution in [0.2, 0.25) is 0 Å². The maximum Gasteiger partial charge on any atom is 0.257 e. The number of benzene rings is 1. The number of phenolic OH excluding ortho intramolecular Hbond substituents is 1. The fourth-order valence-electron chi connectivity index (χ4n) is 2.76. The Morgan fingerprint density at radius 1 is 1.40 bits per heavy atom. The summed E-state index contributed by atoms with van der Waals surface area (Å²) in [7, 11) is 0. The van der Waals surface area contributed by atoms with Crippen molar-refractivity contribution in [3.8, 4) is 5.75 Å². The lowest BCUT2D eigenvalue weighted by Gasteiger charge is -2.29. The average Bonchev–Trinajstić information content (AvgIpc) is 2.95. The summed E-state index contributed by atoms with van der Waals surface area (Å²) in [4.78, 5) is 14.3. The van der Waals surface area contributed by atoms with E-state index in [1.54, 1.807) is 4.90 Å². The van der Waals surface area contributed by atoms with Gasteiger partial charge in [0.25, 0.3) is 5.91 Å². The molecule has 1 amide bonds. The second-order valence-corrected chi connectivity index (χ2v) is 5.24. The number of carbonyl (C=O) groups is 1. The van der Waals surface area contributed by atoms with Crippen molar-refractivity contribution in [2.45, 2.75) is 38.1 Å². The van der Waals surface area contributed by atoms with Gasteiger partial charge in [0.2, 0.25) is 0 Å². The number of carbonyl (C=O) groups excluding carboxylic acids is 1. The van der Waals surface area contributed by atoms with Crippen LogP contribution >= 0.6 is 0 Å². The lowest BCUT2D eigenvalue weighted by atomic mass is 10.1. The van der Waals surface area contributed by atoms with Crippen molar-refractivity contribution in [3.05, 3.63) is 29.6 Å². The van der Waals surface area contributed by atoms with Gasteiger partial charge in [-0.1, -0.05) is 12.8 Å². The van der Waals surface area contributed by atoms with Crippen molar-refractivity contribution in [1.82, 2.24) is 4.90 Å². The summed E-state index contributed by atoms with van der Waals surface area (Å²) in [5.41, 5.74) is 5.56. The van der Waals surface area contributed by atoms with Gasteiger partial charge in [0, 0.05) is 12.6 Å². The molecular weight excluding hydrogens is 259 g/mol. The van der Waals surface area contributed by atoms with Crippen LogP contribution in [0.4, 0.5) is 4.39 Å². The van der Waals surface area contributed by atoms with E-state index in [1.165, 1.54) is 6.07 Å². The molecule has 2 rings (SSSR count). The van der Waals surface area contributed by atoms with E-state index in [2.05, 4.69) is 0 Å². The van der Waals surface area contributed by atoms with E-state index in [0.717, 1.165) is 37.8 Å². The monoisotopic (exact) mass is 280 g/mol. The van der Waals surface area contributed by atoms with Gasteiger partial charge in [-0.3, -0.25) is 4.79 Å². The minimum Gasteiger partial charge on any atom is -0.507 e. The second kappa shape index (κ2) is 6.70. The fraction of sp³-hybridized carbons (Fsp3) is 0.533. The van der Waals surface area contributed by atoms with Crippen LogP contribution in [-0.4, -0.2) is 35.0 Å². The van der Waals surface area contributed by atoms with Gasteiger partial charge in [-0.05, 0) is 44.0 Å². The summed E-state index contributed by atoms with van der Waals surface area (Å²) >= 11 is 0. The summed E-state index contributed by atoms with van der Waals surface area (Å²) < 4.78 is 13.3. The van der Waals surface area contributed by atoms with Crippen molar-refractivity contribution in [3.63, 3.8) is 0 Å². The molecule has 0 aliphatic heterocycles. The fourth-order valence-corrected chi connectivity index (χ4v) is 2.76. The number of phenols is 1. The number of nitrogens with two attached hydrogens (primary N) is 1. The zero-order valence-corrected chi connectivity index (χ0v) is 11.5. The molecule has 4 nitrogen and oxygen atoms in total. The van der Waals surface area contributed by atoms with Crippen LogP contribution in [-0.2, 0) is 0 Å². The molecule has 20 heavy (non-hydrogen) atoms. The first-order valence-electron chi connectivity index (χ1n) is 7.13. The molecule has 0 atom stereocenters. The number of aromatic hydroxyl groups is 1. The maximum absolute atomic E-state index is 13.3. The van der Waals surface area contributed by atoms with E-state index in [-0.39, 0.29) is 23.3 Å². The topological polar surface area (TPSA) is 66.6 Å². The number of nitrogens with zero attached hydrogens (tertiary/aromatic N) is 1. The Labute approximate surface area is 118 Å². The van der Waals surface area contributed by atoms with Crippen LogP contribution in [0.3, 0.4) is 0 Å². The van der Waals surface area contributed by atoms with Crippen molar-refractivity contribution in [1.29, 1.82) is 0 Å². The summed E-state index contributed by atoms with van der Waals surface area (Å²) in [6, 6.07) is 3.64. The molecule has 0 aromatic heterocycles. The first-order valence-corrected chi connectivity index (χ1v) is 7.13. The van der Waals surface area contributed by atoms with Crippen LogP contribution < -0.4 is 5.73 Å². The van der Waals surface area contributed by atoms with E-state index in [0.29, 0.717) is 19.5 Å². The highest BCUT2D eigenvalue weighted by molar-refractivity contribution is 5.97. The minimum atomic E-state index is -0.517. The van der Waals surface area contributed by atoms with Gasteiger partial charge < -0.3 is 15.7 Å². The normalized spacial score (nSPS) is 15.5. The Morgan fingerprint density at radius 3 is 2.75 bits per heavy atom. The van der Waals surface area contributed by atoms with Gasteiger partial charge in [-0.2, -0.15) is 0 Å². The van der Waals surface area contributed by atoms with E-state index in [1.807, 2.05) is 0 Å². The zero-order valence-electron chi connectivity index (χ0n) is 11.5. The van der Waals surface area contributed by atoms with Crippen LogP contribution in [0.5, 0.6) is 5.75 Å². The third-order valence-corrected chi connectivity index (χ3v) is 3.82. The first-order chi connectivity index (χ1) is 9.63. The molecule has 0 bridgehead atoms. The second-order valence-electron chi connectivity index (χ2n) is 5.24. The molecule has 0 heterocycles. The Bertz CT molecular complexity index is 473. The maximum atomic E-state index is 13.3. The number of halogens is 1. The largest absolute Gasteiger partial charge is 0.507 e. The highest BCUT2D eigenvalue weighted by atomic mass is 19.1. The van der Waals surface area contributed by atoms with E-state index < -0.39 is 5.82 Å². The van der Waals surface area contributed by atoms with Crippen LogP contribution in [0.1, 0.15) is 42.5 Å². The zero-order chi connectivity index (χ0) is 14.5. The smallest absolute Gasteiger partial charge is 0.257 e. The Kier molecular flexibility index (Phi) is 4.95. The summed E-state index contributed by atoms with van der Waals surface area (Å²) in [6.07, 6.45) is 4.84. The van der Waals surface area contributed by atoms with E-state index >= 15 is 0 Å². The predicted octanol–water partition coefficient (Wildman–Crippen LogP) is 2.26. The molecule has 1 aliphatic carbocycles. The Hall–Kier alpha value is -1.62. The average molecular weight is 280 g/mol. The lowest BCUT2D eigenvalue weighted by Crippen LogP contribution is -2.40. The minimum absolute atomic E-state index is 0.0360. The molecule has 5 heteroatoms. The third-order valence-electron chi connectivity index (χ3n) is 3.82. The van der Waals surface area contributed by atoms with Crippen molar-refractivity contribution >= 4 is 5.91 Å². The van der Waals surface area contributed by atoms with Gasteiger partial charge in [0.1, 0.15) is 11.6 Å². The molecule has 1 fully saturated rings. The van der Waals surface area contributed by atoms with Crippen molar-refractivity contribution in [2.24, 2.45) is 5.73 Å². The molecule has 110 valence electrons. The number of amides is 1. The molecule has 0 radical (unpaired) electrons. The number of hydrogen-bond acceptors (Lipinski definition) is 3. The molecule has 1 aromatic carbocycles. The standard InChI is InChI=1S/C15H21FN2O2/c16-11-6-7-14(19)13(10-11)15(20)18(9-3-8-17)12-4-1-2-5-12/h6-7,10,12,19H,1-5,8-9,17H2.